The highest BCUT2D eigenvalue weighted by atomic mass is 16.1. The van der Waals surface area contributed by atoms with E-state index in [2.05, 4.69) is 11.8 Å². The van der Waals surface area contributed by atoms with Crippen molar-refractivity contribution in [3.63, 3.8) is 0 Å². The fourth-order valence-corrected chi connectivity index (χ4v) is 0.968. The Labute approximate surface area is 74.5 Å². The molecule has 0 heterocycles. The largest absolute Gasteiger partial charge is 0.330 e. The summed E-state index contributed by atoms with van der Waals surface area (Å²) in [5.74, 6) is 6.03. The molecule has 0 aromatic carbocycles. The minimum absolute atomic E-state index is 0.105. The van der Waals surface area contributed by atoms with Gasteiger partial charge >= 0.3 is 0 Å². The maximum Gasteiger partial charge on any atom is 0.136 e. The van der Waals surface area contributed by atoms with Crippen LogP contribution in [-0.4, -0.2) is 12.3 Å². The van der Waals surface area contributed by atoms with Gasteiger partial charge in [-0.1, -0.05) is 6.92 Å². The Bertz CT molecular complexity index is 188. The minimum atomic E-state index is 0.105. The van der Waals surface area contributed by atoms with Crippen LogP contribution in [0.15, 0.2) is 0 Å². The maximum atomic E-state index is 11.3. The van der Waals surface area contributed by atoms with Gasteiger partial charge in [0.1, 0.15) is 5.78 Å². The van der Waals surface area contributed by atoms with Crippen LogP contribution in [0.4, 0.5) is 0 Å². The number of hydrogen-bond donors (Lipinski definition) is 1. The molecule has 2 N–H and O–H groups in total. The summed E-state index contributed by atoms with van der Waals surface area (Å²) in [6.45, 7) is 4.30. The van der Waals surface area contributed by atoms with Crippen LogP contribution in [0.3, 0.4) is 0 Å². The average molecular weight is 167 g/mol. The van der Waals surface area contributed by atoms with E-state index in [0.29, 0.717) is 19.4 Å². The lowest BCUT2D eigenvalue weighted by Crippen LogP contribution is -2.14. The standard InChI is InChI=1S/C10H17NO/c1-3-4-5-6-10(12)9(2)7-8-11/h9H,5-8,11H2,1-2H3. The van der Waals surface area contributed by atoms with Crippen molar-refractivity contribution in [1.29, 1.82) is 0 Å². The molecule has 0 amide bonds. The maximum absolute atomic E-state index is 11.3. The molecule has 0 aromatic rings. The van der Waals surface area contributed by atoms with Crippen molar-refractivity contribution >= 4 is 5.78 Å². The van der Waals surface area contributed by atoms with Crippen molar-refractivity contribution in [3.8, 4) is 11.8 Å². The van der Waals surface area contributed by atoms with Crippen LogP contribution in [0, 0.1) is 17.8 Å². The topological polar surface area (TPSA) is 43.1 Å². The summed E-state index contributed by atoms with van der Waals surface area (Å²) in [6, 6.07) is 0. The Kier molecular flexibility index (Phi) is 6.41. The third-order valence-corrected chi connectivity index (χ3v) is 1.82. The Balaban J connectivity index is 3.61. The molecule has 2 heteroatoms. The zero-order chi connectivity index (χ0) is 9.40. The molecule has 1 unspecified atom stereocenters. The van der Waals surface area contributed by atoms with Gasteiger partial charge in [0.2, 0.25) is 0 Å². The van der Waals surface area contributed by atoms with E-state index in [1.807, 2.05) is 6.92 Å². The first-order valence-corrected chi connectivity index (χ1v) is 4.34. The molecule has 12 heavy (non-hydrogen) atoms. The first kappa shape index (κ1) is 11.2. The summed E-state index contributed by atoms with van der Waals surface area (Å²) < 4.78 is 0. The van der Waals surface area contributed by atoms with Gasteiger partial charge in [-0.3, -0.25) is 4.79 Å². The monoisotopic (exact) mass is 167 g/mol. The van der Waals surface area contributed by atoms with E-state index in [-0.39, 0.29) is 11.7 Å². The fourth-order valence-electron chi connectivity index (χ4n) is 0.968. The minimum Gasteiger partial charge on any atom is -0.330 e. The molecular formula is C10H17NO. The lowest BCUT2D eigenvalue weighted by molar-refractivity contribution is -0.122. The third kappa shape index (κ3) is 4.92. The molecule has 0 bridgehead atoms. The summed E-state index contributed by atoms with van der Waals surface area (Å²) in [5, 5.41) is 0. The summed E-state index contributed by atoms with van der Waals surface area (Å²) in [7, 11) is 0. The number of ketones is 1. The van der Waals surface area contributed by atoms with Crippen LogP contribution in [-0.2, 0) is 4.79 Å². The molecule has 1 atom stereocenters. The molecule has 0 spiro atoms. The second-order valence-corrected chi connectivity index (χ2v) is 2.87. The number of carbonyl (C=O) groups excluding carboxylic acids is 1. The van der Waals surface area contributed by atoms with Gasteiger partial charge in [-0.15, -0.1) is 11.8 Å². The fraction of sp³-hybridized carbons (Fsp3) is 0.700. The van der Waals surface area contributed by atoms with Gasteiger partial charge in [0, 0.05) is 18.8 Å². The smallest absolute Gasteiger partial charge is 0.136 e. The van der Waals surface area contributed by atoms with Gasteiger partial charge < -0.3 is 5.73 Å². The first-order chi connectivity index (χ1) is 5.72. The van der Waals surface area contributed by atoms with Crippen molar-refractivity contribution in [2.45, 2.75) is 33.1 Å². The first-order valence-electron chi connectivity index (χ1n) is 4.34. The zero-order valence-corrected chi connectivity index (χ0v) is 7.89. The molecule has 0 saturated carbocycles. The molecule has 0 radical (unpaired) electrons. The lowest BCUT2D eigenvalue weighted by atomic mass is 9.99. The van der Waals surface area contributed by atoms with Gasteiger partial charge in [-0.2, -0.15) is 0 Å². The van der Waals surface area contributed by atoms with Crippen molar-refractivity contribution in [2.24, 2.45) is 11.7 Å². The Morgan fingerprint density at radius 1 is 1.58 bits per heavy atom. The SMILES string of the molecule is CC#CCCC(=O)C(C)CCN. The highest BCUT2D eigenvalue weighted by molar-refractivity contribution is 5.80. The van der Waals surface area contributed by atoms with E-state index in [1.54, 1.807) is 6.92 Å². The number of rotatable bonds is 5. The molecule has 0 rings (SSSR count). The van der Waals surface area contributed by atoms with Crippen molar-refractivity contribution in [2.75, 3.05) is 6.54 Å². The summed E-state index contributed by atoms with van der Waals surface area (Å²) in [6.07, 6.45) is 2.05. The molecule has 0 saturated heterocycles. The summed E-state index contributed by atoms with van der Waals surface area (Å²) in [4.78, 5) is 11.3. The van der Waals surface area contributed by atoms with Crippen molar-refractivity contribution < 1.29 is 4.79 Å². The van der Waals surface area contributed by atoms with E-state index < -0.39 is 0 Å². The van der Waals surface area contributed by atoms with E-state index in [4.69, 9.17) is 5.73 Å². The van der Waals surface area contributed by atoms with E-state index in [1.165, 1.54) is 0 Å². The normalized spacial score (nSPS) is 11.6. The molecule has 68 valence electrons. The zero-order valence-electron chi connectivity index (χ0n) is 7.89. The van der Waals surface area contributed by atoms with Gasteiger partial charge in [0.05, 0.1) is 0 Å². The van der Waals surface area contributed by atoms with Crippen LogP contribution < -0.4 is 5.73 Å². The third-order valence-electron chi connectivity index (χ3n) is 1.82. The van der Waals surface area contributed by atoms with Crippen LogP contribution in [0.25, 0.3) is 0 Å². The molecule has 0 aliphatic carbocycles. The number of hydrogen-bond acceptors (Lipinski definition) is 2. The Morgan fingerprint density at radius 3 is 2.75 bits per heavy atom. The van der Waals surface area contributed by atoms with Crippen LogP contribution >= 0.6 is 0 Å². The van der Waals surface area contributed by atoms with E-state index in [9.17, 15) is 4.79 Å². The van der Waals surface area contributed by atoms with Crippen molar-refractivity contribution in [1.82, 2.24) is 0 Å². The highest BCUT2D eigenvalue weighted by Crippen LogP contribution is 2.05. The van der Waals surface area contributed by atoms with E-state index in [0.717, 1.165) is 6.42 Å². The van der Waals surface area contributed by atoms with Crippen LogP contribution in [0.1, 0.15) is 33.1 Å². The highest BCUT2D eigenvalue weighted by Gasteiger charge is 2.10. The second-order valence-electron chi connectivity index (χ2n) is 2.87. The van der Waals surface area contributed by atoms with E-state index >= 15 is 0 Å². The number of Topliss-reactive ketones (excluding diaryl/α,β-unsaturated/α-hetero) is 1. The molecule has 0 fully saturated rings. The van der Waals surface area contributed by atoms with Gasteiger partial charge in [0.15, 0.2) is 0 Å². The van der Waals surface area contributed by atoms with Gasteiger partial charge in [-0.25, -0.2) is 0 Å². The van der Waals surface area contributed by atoms with Crippen LogP contribution in [0.5, 0.6) is 0 Å². The predicted octanol–water partition coefficient (Wildman–Crippen LogP) is 1.34. The summed E-state index contributed by atoms with van der Waals surface area (Å²) in [5.41, 5.74) is 5.34. The number of carbonyl (C=O) groups is 1. The molecule has 0 aromatic heterocycles. The van der Waals surface area contributed by atoms with Crippen molar-refractivity contribution in [3.05, 3.63) is 0 Å². The molecular weight excluding hydrogens is 150 g/mol. The average Bonchev–Trinajstić information content (AvgIpc) is 2.05. The second kappa shape index (κ2) is 6.87. The van der Waals surface area contributed by atoms with Gasteiger partial charge in [0.25, 0.3) is 0 Å². The van der Waals surface area contributed by atoms with Crippen LogP contribution in [0.2, 0.25) is 0 Å². The predicted molar refractivity (Wildman–Crippen MR) is 50.5 cm³/mol. The number of nitrogens with two attached hydrogens (primary N) is 1. The Morgan fingerprint density at radius 2 is 2.25 bits per heavy atom. The quantitative estimate of drug-likeness (QED) is 0.628. The lowest BCUT2D eigenvalue weighted by Gasteiger charge is -2.06. The Hall–Kier alpha value is -0.810. The van der Waals surface area contributed by atoms with Gasteiger partial charge in [-0.05, 0) is 19.9 Å². The summed E-state index contributed by atoms with van der Waals surface area (Å²) >= 11 is 0. The molecule has 0 aliphatic rings. The molecule has 0 aliphatic heterocycles. The molecule has 2 nitrogen and oxygen atoms in total.